The molecule has 0 radical (unpaired) electrons. The van der Waals surface area contributed by atoms with Crippen LogP contribution in [0, 0.1) is 0 Å². The summed E-state index contributed by atoms with van der Waals surface area (Å²) in [5.41, 5.74) is 1.62. The molecule has 0 aliphatic heterocycles. The molecule has 0 spiro atoms. The van der Waals surface area contributed by atoms with E-state index in [1.54, 1.807) is 24.3 Å². The molecule has 0 bridgehead atoms. The molecule has 0 aliphatic carbocycles. The van der Waals surface area contributed by atoms with Gasteiger partial charge < -0.3 is 10.2 Å². The average Bonchev–Trinajstić information content (AvgIpc) is 2.28. The summed E-state index contributed by atoms with van der Waals surface area (Å²) in [6.45, 7) is -0.0553. The van der Waals surface area contributed by atoms with E-state index in [1.165, 1.54) is 0 Å². The maximum absolute atomic E-state index is 12.0. The fourth-order valence-electron chi connectivity index (χ4n) is 1.12. The van der Waals surface area contributed by atoms with Crippen molar-refractivity contribution in [3.05, 3.63) is 35.4 Å². The summed E-state index contributed by atoms with van der Waals surface area (Å²) >= 11 is 1.02. The summed E-state index contributed by atoms with van der Waals surface area (Å²) in [5.74, 6) is 0.0318. The number of alkyl halides is 3. The zero-order valence-electron chi connectivity index (χ0n) is 8.94. The summed E-state index contributed by atoms with van der Waals surface area (Å²) in [7, 11) is 0. The molecule has 1 atom stereocenters. The van der Waals surface area contributed by atoms with E-state index in [0.717, 1.165) is 22.9 Å². The molecule has 0 amide bonds. The molecule has 2 N–H and O–H groups in total. The number of thioether (sulfide) groups is 1. The molecule has 1 rings (SSSR count). The summed E-state index contributed by atoms with van der Waals surface area (Å²) in [6.07, 6.45) is -6.82. The van der Waals surface area contributed by atoms with Gasteiger partial charge >= 0.3 is 6.18 Å². The number of halogens is 3. The van der Waals surface area contributed by atoms with Crippen LogP contribution in [0.4, 0.5) is 13.2 Å². The van der Waals surface area contributed by atoms with Crippen molar-refractivity contribution in [3.63, 3.8) is 0 Å². The molecule has 1 aromatic carbocycles. The Morgan fingerprint density at radius 1 is 1.12 bits per heavy atom. The van der Waals surface area contributed by atoms with Crippen molar-refractivity contribution in [2.45, 2.75) is 24.6 Å². The predicted molar refractivity (Wildman–Crippen MR) is 60.6 cm³/mol. The van der Waals surface area contributed by atoms with Gasteiger partial charge in [-0.25, -0.2) is 0 Å². The molecular formula is C11H13F3O2S. The summed E-state index contributed by atoms with van der Waals surface area (Å²) < 4.78 is 35.9. The molecule has 0 fully saturated rings. The van der Waals surface area contributed by atoms with Gasteiger partial charge in [-0.1, -0.05) is 24.3 Å². The highest BCUT2D eigenvalue weighted by molar-refractivity contribution is 7.98. The lowest BCUT2D eigenvalue weighted by atomic mass is 10.2. The topological polar surface area (TPSA) is 40.5 Å². The van der Waals surface area contributed by atoms with E-state index < -0.39 is 12.3 Å². The summed E-state index contributed by atoms with van der Waals surface area (Å²) in [6, 6.07) is 6.93. The second-order valence-corrected chi connectivity index (χ2v) is 4.58. The first-order valence-corrected chi connectivity index (χ1v) is 6.10. The van der Waals surface area contributed by atoms with Crippen LogP contribution in [0.1, 0.15) is 11.1 Å². The van der Waals surface area contributed by atoms with Crippen LogP contribution < -0.4 is 0 Å². The van der Waals surface area contributed by atoms with Gasteiger partial charge in [0.2, 0.25) is 0 Å². The Bertz CT molecular complexity index is 338. The van der Waals surface area contributed by atoms with E-state index in [-0.39, 0.29) is 12.4 Å². The molecule has 6 heteroatoms. The summed E-state index contributed by atoms with van der Waals surface area (Å²) in [5, 5.41) is 17.6. The van der Waals surface area contributed by atoms with Gasteiger partial charge in [0.05, 0.1) is 6.61 Å². The van der Waals surface area contributed by atoms with Crippen molar-refractivity contribution < 1.29 is 23.4 Å². The van der Waals surface area contributed by atoms with Gasteiger partial charge in [-0.15, -0.1) is 0 Å². The molecule has 2 nitrogen and oxygen atoms in total. The fraction of sp³-hybridized carbons (Fsp3) is 0.455. The number of rotatable bonds is 5. The van der Waals surface area contributed by atoms with Crippen LogP contribution in [0.25, 0.3) is 0 Å². The molecule has 0 saturated carbocycles. The maximum Gasteiger partial charge on any atom is 0.415 e. The predicted octanol–water partition coefficient (Wildman–Crippen LogP) is 2.34. The van der Waals surface area contributed by atoms with Gasteiger partial charge in [0.1, 0.15) is 0 Å². The van der Waals surface area contributed by atoms with Crippen LogP contribution in [0.3, 0.4) is 0 Å². The first kappa shape index (κ1) is 14.3. The van der Waals surface area contributed by atoms with Crippen LogP contribution in [-0.2, 0) is 12.4 Å². The first-order valence-electron chi connectivity index (χ1n) is 4.94. The number of hydrogen-bond acceptors (Lipinski definition) is 3. The molecule has 0 heterocycles. The third kappa shape index (κ3) is 4.97. The molecule has 1 aromatic rings. The Labute approximate surface area is 101 Å². The minimum Gasteiger partial charge on any atom is -0.392 e. The van der Waals surface area contributed by atoms with Crippen molar-refractivity contribution >= 4 is 11.8 Å². The van der Waals surface area contributed by atoms with E-state index in [9.17, 15) is 13.2 Å². The minimum atomic E-state index is -4.55. The van der Waals surface area contributed by atoms with Gasteiger partial charge in [-0.3, -0.25) is 0 Å². The lowest BCUT2D eigenvalue weighted by Crippen LogP contribution is -2.30. The molecule has 1 unspecified atom stereocenters. The molecule has 17 heavy (non-hydrogen) atoms. The monoisotopic (exact) mass is 266 g/mol. The van der Waals surface area contributed by atoms with E-state index in [0.29, 0.717) is 5.75 Å². The minimum absolute atomic E-state index is 0.0553. The van der Waals surface area contributed by atoms with E-state index >= 15 is 0 Å². The quantitative estimate of drug-likeness (QED) is 0.859. The van der Waals surface area contributed by atoms with Crippen LogP contribution in [0.2, 0.25) is 0 Å². The van der Waals surface area contributed by atoms with Crippen molar-refractivity contribution in [3.8, 4) is 0 Å². The van der Waals surface area contributed by atoms with Gasteiger partial charge in [0.15, 0.2) is 6.10 Å². The van der Waals surface area contributed by atoms with Gasteiger partial charge in [0, 0.05) is 11.5 Å². The molecule has 0 aliphatic rings. The van der Waals surface area contributed by atoms with E-state index in [4.69, 9.17) is 10.2 Å². The van der Waals surface area contributed by atoms with Crippen molar-refractivity contribution in [2.24, 2.45) is 0 Å². The van der Waals surface area contributed by atoms with Crippen LogP contribution in [0.5, 0.6) is 0 Å². The maximum atomic E-state index is 12.0. The average molecular weight is 266 g/mol. The van der Waals surface area contributed by atoms with E-state index in [1.807, 2.05) is 0 Å². The zero-order chi connectivity index (χ0) is 12.9. The second-order valence-electron chi connectivity index (χ2n) is 3.55. The van der Waals surface area contributed by atoms with Crippen molar-refractivity contribution in [2.75, 3.05) is 5.75 Å². The standard InChI is InChI=1S/C11H13F3O2S/c12-11(13,14)10(16)7-17-6-9-3-1-8(5-15)2-4-9/h1-4,10,15-16H,5-7H2. The Morgan fingerprint density at radius 3 is 2.12 bits per heavy atom. The normalized spacial score (nSPS) is 13.7. The van der Waals surface area contributed by atoms with Crippen LogP contribution >= 0.6 is 11.8 Å². The number of hydrogen-bond donors (Lipinski definition) is 2. The summed E-state index contributed by atoms with van der Waals surface area (Å²) in [4.78, 5) is 0. The lowest BCUT2D eigenvalue weighted by Gasteiger charge is -2.13. The Kier molecular flexibility index (Phi) is 5.30. The first-order chi connectivity index (χ1) is 7.93. The highest BCUT2D eigenvalue weighted by Gasteiger charge is 2.37. The molecule has 0 aromatic heterocycles. The molecule has 96 valence electrons. The van der Waals surface area contributed by atoms with Gasteiger partial charge in [-0.05, 0) is 11.1 Å². The van der Waals surface area contributed by atoms with Crippen LogP contribution in [-0.4, -0.2) is 28.2 Å². The molecule has 0 saturated heterocycles. The smallest absolute Gasteiger partial charge is 0.392 e. The fourth-order valence-corrected chi connectivity index (χ4v) is 2.08. The van der Waals surface area contributed by atoms with Crippen molar-refractivity contribution in [1.82, 2.24) is 0 Å². The van der Waals surface area contributed by atoms with Gasteiger partial charge in [-0.2, -0.15) is 24.9 Å². The Balaban J connectivity index is 2.35. The number of aliphatic hydroxyl groups is 2. The van der Waals surface area contributed by atoms with Crippen LogP contribution in [0.15, 0.2) is 24.3 Å². The Morgan fingerprint density at radius 2 is 1.65 bits per heavy atom. The van der Waals surface area contributed by atoms with Gasteiger partial charge in [0.25, 0.3) is 0 Å². The number of aliphatic hydroxyl groups excluding tert-OH is 2. The highest BCUT2D eigenvalue weighted by Crippen LogP contribution is 2.24. The largest absolute Gasteiger partial charge is 0.415 e. The highest BCUT2D eigenvalue weighted by atomic mass is 32.2. The second kappa shape index (κ2) is 6.28. The zero-order valence-corrected chi connectivity index (χ0v) is 9.76. The third-order valence-electron chi connectivity index (χ3n) is 2.13. The Hall–Kier alpha value is -0.720. The SMILES string of the molecule is OCc1ccc(CSCC(O)C(F)(F)F)cc1. The lowest BCUT2D eigenvalue weighted by molar-refractivity contribution is -0.195. The third-order valence-corrected chi connectivity index (χ3v) is 3.22. The van der Waals surface area contributed by atoms with E-state index in [2.05, 4.69) is 0 Å². The number of benzene rings is 1. The molecular weight excluding hydrogens is 253 g/mol. The van der Waals surface area contributed by atoms with Crippen molar-refractivity contribution in [1.29, 1.82) is 0 Å².